The van der Waals surface area contributed by atoms with Crippen LogP contribution in [0.4, 0.5) is 0 Å². The molecule has 2 unspecified atom stereocenters. The van der Waals surface area contributed by atoms with Crippen molar-refractivity contribution in [1.29, 1.82) is 0 Å². The molecule has 0 aromatic carbocycles. The number of hydrogen-bond acceptors (Lipinski definition) is 2. The lowest BCUT2D eigenvalue weighted by Gasteiger charge is -2.20. The molecule has 0 aliphatic heterocycles. The number of unbranched alkanes of at least 4 members (excludes halogenated alkanes) is 2. The van der Waals surface area contributed by atoms with E-state index < -0.39 is 0 Å². The van der Waals surface area contributed by atoms with Crippen LogP contribution in [0.3, 0.4) is 0 Å². The molecule has 2 heteroatoms. The second-order valence-electron chi connectivity index (χ2n) is 4.32. The molecule has 14 heavy (non-hydrogen) atoms. The van der Waals surface area contributed by atoms with Crippen molar-refractivity contribution < 1.29 is 9.84 Å². The first-order valence-electron chi connectivity index (χ1n) is 6.14. The van der Waals surface area contributed by atoms with Gasteiger partial charge < -0.3 is 9.84 Å². The van der Waals surface area contributed by atoms with E-state index in [4.69, 9.17) is 4.74 Å². The Morgan fingerprint density at radius 1 is 1.14 bits per heavy atom. The van der Waals surface area contributed by atoms with Gasteiger partial charge in [-0.05, 0) is 19.3 Å². The minimum atomic E-state index is -0.209. The van der Waals surface area contributed by atoms with E-state index in [1.54, 1.807) is 0 Å². The highest BCUT2D eigenvalue weighted by molar-refractivity contribution is 4.73. The molecule has 0 spiro atoms. The van der Waals surface area contributed by atoms with Crippen LogP contribution < -0.4 is 0 Å². The molecule has 0 saturated heterocycles. The van der Waals surface area contributed by atoms with Gasteiger partial charge >= 0.3 is 0 Å². The number of ether oxygens (including phenoxy) is 1. The third-order valence-electron chi connectivity index (χ3n) is 3.00. The van der Waals surface area contributed by atoms with Crippen LogP contribution in [0, 0.1) is 0 Å². The summed E-state index contributed by atoms with van der Waals surface area (Å²) >= 11 is 0. The minimum absolute atomic E-state index is 0.120. The molecule has 1 rings (SSSR count). The Labute approximate surface area is 87.7 Å². The fourth-order valence-corrected chi connectivity index (χ4v) is 2.04. The second kappa shape index (κ2) is 7.24. The lowest BCUT2D eigenvalue weighted by molar-refractivity contribution is -0.0411. The molecule has 1 saturated carbocycles. The van der Waals surface area contributed by atoms with Gasteiger partial charge in [-0.25, -0.2) is 0 Å². The smallest absolute Gasteiger partial charge is 0.0833 e. The van der Waals surface area contributed by atoms with Crippen molar-refractivity contribution in [3.05, 3.63) is 0 Å². The Morgan fingerprint density at radius 3 is 2.71 bits per heavy atom. The van der Waals surface area contributed by atoms with Crippen LogP contribution in [0.15, 0.2) is 0 Å². The summed E-state index contributed by atoms with van der Waals surface area (Å²) in [4.78, 5) is 0. The summed E-state index contributed by atoms with van der Waals surface area (Å²) in [5, 5.41) is 9.78. The lowest BCUT2D eigenvalue weighted by Crippen LogP contribution is -2.28. The van der Waals surface area contributed by atoms with Gasteiger partial charge in [-0.2, -0.15) is 0 Å². The molecule has 2 nitrogen and oxygen atoms in total. The van der Waals surface area contributed by atoms with Crippen LogP contribution >= 0.6 is 0 Å². The van der Waals surface area contributed by atoms with Gasteiger partial charge in [0.2, 0.25) is 0 Å². The highest BCUT2D eigenvalue weighted by atomic mass is 16.5. The van der Waals surface area contributed by atoms with Gasteiger partial charge in [-0.15, -0.1) is 0 Å². The highest BCUT2D eigenvalue weighted by Crippen LogP contribution is 2.20. The van der Waals surface area contributed by atoms with Crippen molar-refractivity contribution >= 4 is 0 Å². The van der Waals surface area contributed by atoms with E-state index in [-0.39, 0.29) is 12.2 Å². The van der Waals surface area contributed by atoms with Gasteiger partial charge in [0.25, 0.3) is 0 Å². The van der Waals surface area contributed by atoms with Crippen LogP contribution in [0.25, 0.3) is 0 Å². The van der Waals surface area contributed by atoms with Crippen molar-refractivity contribution in [2.75, 3.05) is 6.61 Å². The first kappa shape index (κ1) is 12.0. The Morgan fingerprint density at radius 2 is 1.93 bits per heavy atom. The maximum absolute atomic E-state index is 9.78. The summed E-state index contributed by atoms with van der Waals surface area (Å²) < 4.78 is 5.73. The minimum Gasteiger partial charge on any atom is -0.390 e. The zero-order chi connectivity index (χ0) is 10.2. The predicted octanol–water partition coefficient (Wildman–Crippen LogP) is 2.89. The van der Waals surface area contributed by atoms with Crippen LogP contribution in [0.5, 0.6) is 0 Å². The van der Waals surface area contributed by atoms with Gasteiger partial charge in [0.1, 0.15) is 0 Å². The Hall–Kier alpha value is -0.0800. The standard InChI is InChI=1S/C12H24O2/c1-2-3-7-10-14-12-9-6-4-5-8-11(12)13/h11-13H,2-10H2,1H3. The zero-order valence-electron chi connectivity index (χ0n) is 9.37. The molecule has 0 amide bonds. The molecule has 1 N–H and O–H groups in total. The molecule has 0 aromatic heterocycles. The van der Waals surface area contributed by atoms with Crippen molar-refractivity contribution in [2.45, 2.75) is 70.5 Å². The van der Waals surface area contributed by atoms with E-state index in [1.165, 1.54) is 25.7 Å². The molecule has 0 radical (unpaired) electrons. The fourth-order valence-electron chi connectivity index (χ4n) is 2.04. The SMILES string of the molecule is CCCCCOC1CCCCCC1O. The van der Waals surface area contributed by atoms with Gasteiger partial charge in [0.15, 0.2) is 0 Å². The molecule has 1 aliphatic rings. The number of aliphatic hydroxyl groups excluding tert-OH is 1. The van der Waals surface area contributed by atoms with E-state index in [2.05, 4.69) is 6.92 Å². The quantitative estimate of drug-likeness (QED) is 0.546. The van der Waals surface area contributed by atoms with E-state index in [9.17, 15) is 5.11 Å². The summed E-state index contributed by atoms with van der Waals surface area (Å²) in [5.41, 5.74) is 0. The third-order valence-corrected chi connectivity index (χ3v) is 3.00. The molecule has 2 atom stereocenters. The highest BCUT2D eigenvalue weighted by Gasteiger charge is 2.21. The number of rotatable bonds is 5. The number of aliphatic hydroxyl groups is 1. The molecule has 0 aromatic rings. The van der Waals surface area contributed by atoms with Gasteiger partial charge in [-0.3, -0.25) is 0 Å². The van der Waals surface area contributed by atoms with Crippen LogP contribution in [0.1, 0.15) is 58.3 Å². The topological polar surface area (TPSA) is 29.5 Å². The van der Waals surface area contributed by atoms with Crippen molar-refractivity contribution in [3.8, 4) is 0 Å². The Balaban J connectivity index is 2.13. The van der Waals surface area contributed by atoms with Gasteiger partial charge in [0, 0.05) is 6.61 Å². The zero-order valence-corrected chi connectivity index (χ0v) is 9.37. The third kappa shape index (κ3) is 4.43. The second-order valence-corrected chi connectivity index (χ2v) is 4.32. The monoisotopic (exact) mass is 200 g/mol. The number of hydrogen-bond donors (Lipinski definition) is 1. The summed E-state index contributed by atoms with van der Waals surface area (Å²) in [5.74, 6) is 0. The molecular weight excluding hydrogens is 176 g/mol. The maximum Gasteiger partial charge on any atom is 0.0833 e. The summed E-state index contributed by atoms with van der Waals surface area (Å²) in [6, 6.07) is 0. The van der Waals surface area contributed by atoms with Crippen molar-refractivity contribution in [2.24, 2.45) is 0 Å². The van der Waals surface area contributed by atoms with Crippen molar-refractivity contribution in [3.63, 3.8) is 0 Å². The van der Waals surface area contributed by atoms with E-state index >= 15 is 0 Å². The predicted molar refractivity (Wildman–Crippen MR) is 58.4 cm³/mol. The maximum atomic E-state index is 9.78. The van der Waals surface area contributed by atoms with Crippen LogP contribution in [-0.2, 0) is 4.74 Å². The summed E-state index contributed by atoms with van der Waals surface area (Å²) in [6.45, 7) is 3.02. The van der Waals surface area contributed by atoms with E-state index in [0.717, 1.165) is 32.3 Å². The van der Waals surface area contributed by atoms with Gasteiger partial charge in [-0.1, -0.05) is 39.0 Å². The fraction of sp³-hybridized carbons (Fsp3) is 1.00. The Bertz CT molecular complexity index is 136. The molecule has 0 bridgehead atoms. The first-order valence-corrected chi connectivity index (χ1v) is 6.14. The van der Waals surface area contributed by atoms with E-state index in [1.807, 2.05) is 0 Å². The first-order chi connectivity index (χ1) is 6.84. The van der Waals surface area contributed by atoms with Gasteiger partial charge in [0.05, 0.1) is 12.2 Å². The summed E-state index contributed by atoms with van der Waals surface area (Å²) in [7, 11) is 0. The summed E-state index contributed by atoms with van der Waals surface area (Å²) in [6.07, 6.45) is 9.14. The lowest BCUT2D eigenvalue weighted by atomic mass is 10.1. The Kier molecular flexibility index (Phi) is 6.20. The van der Waals surface area contributed by atoms with Crippen LogP contribution in [0.2, 0.25) is 0 Å². The van der Waals surface area contributed by atoms with Crippen LogP contribution in [-0.4, -0.2) is 23.9 Å². The molecule has 1 aliphatic carbocycles. The average molecular weight is 200 g/mol. The molecule has 0 heterocycles. The molecular formula is C12H24O2. The normalized spacial score (nSPS) is 28.7. The largest absolute Gasteiger partial charge is 0.390 e. The van der Waals surface area contributed by atoms with E-state index in [0.29, 0.717) is 0 Å². The molecule has 84 valence electrons. The molecule has 1 fully saturated rings. The van der Waals surface area contributed by atoms with Crippen molar-refractivity contribution in [1.82, 2.24) is 0 Å². The average Bonchev–Trinajstić information content (AvgIpc) is 2.39.